The lowest BCUT2D eigenvalue weighted by atomic mass is 10.00. The van der Waals surface area contributed by atoms with E-state index in [4.69, 9.17) is 5.73 Å². The molecule has 1 heterocycles. The molecule has 2 unspecified atom stereocenters. The van der Waals surface area contributed by atoms with E-state index in [1.807, 2.05) is 18.2 Å². The van der Waals surface area contributed by atoms with E-state index in [0.717, 1.165) is 12.2 Å². The molecule has 0 saturated carbocycles. The molecule has 1 aromatic rings. The molecule has 1 aliphatic heterocycles. The number of nitrogen functional groups attached to an aromatic ring is 1. The minimum atomic E-state index is 0.615. The maximum Gasteiger partial charge on any atom is 0.0374 e. The Kier molecular flexibility index (Phi) is 4.02. The molecule has 0 bridgehead atoms. The maximum atomic E-state index is 5.95. The molecule has 0 aliphatic carbocycles. The Morgan fingerprint density at radius 3 is 2.53 bits per heavy atom. The van der Waals surface area contributed by atoms with Crippen molar-refractivity contribution in [3.63, 3.8) is 0 Å². The topological polar surface area (TPSA) is 41.3 Å². The fraction of sp³-hybridized carbons (Fsp3) is 0.571. The number of nitrogens with one attached hydrogen (secondary N) is 1. The third-order valence-corrected chi connectivity index (χ3v) is 3.70. The highest BCUT2D eigenvalue weighted by Gasteiger charge is 2.24. The number of hydrazine groups is 1. The maximum absolute atomic E-state index is 5.95. The molecular formula is C14H23N3. The SMILES string of the molecule is CC1CCCC(C)N1NCc1ccccc1N. The van der Waals surface area contributed by atoms with E-state index >= 15 is 0 Å². The Hall–Kier alpha value is -1.06. The lowest BCUT2D eigenvalue weighted by Crippen LogP contribution is -2.51. The van der Waals surface area contributed by atoms with Gasteiger partial charge in [0.25, 0.3) is 0 Å². The summed E-state index contributed by atoms with van der Waals surface area (Å²) >= 11 is 0. The number of hydrogen-bond donors (Lipinski definition) is 2. The van der Waals surface area contributed by atoms with Crippen LogP contribution in [0.25, 0.3) is 0 Å². The van der Waals surface area contributed by atoms with Gasteiger partial charge >= 0.3 is 0 Å². The van der Waals surface area contributed by atoms with E-state index < -0.39 is 0 Å². The predicted octanol–water partition coefficient (Wildman–Crippen LogP) is 2.54. The molecule has 0 aromatic heterocycles. The zero-order valence-electron chi connectivity index (χ0n) is 10.8. The number of rotatable bonds is 3. The van der Waals surface area contributed by atoms with Crippen molar-refractivity contribution in [3.8, 4) is 0 Å². The van der Waals surface area contributed by atoms with Gasteiger partial charge in [-0.15, -0.1) is 0 Å². The highest BCUT2D eigenvalue weighted by Crippen LogP contribution is 2.21. The van der Waals surface area contributed by atoms with Crippen molar-refractivity contribution < 1.29 is 0 Å². The Bertz CT molecular complexity index is 354. The van der Waals surface area contributed by atoms with E-state index in [1.54, 1.807) is 0 Å². The number of nitrogens with two attached hydrogens (primary N) is 1. The summed E-state index contributed by atoms with van der Waals surface area (Å²) in [5.74, 6) is 0. The first-order valence-electron chi connectivity index (χ1n) is 6.53. The van der Waals surface area contributed by atoms with Gasteiger partial charge in [0.05, 0.1) is 0 Å². The van der Waals surface area contributed by atoms with Crippen LogP contribution in [0.4, 0.5) is 5.69 Å². The number of nitrogens with zero attached hydrogens (tertiary/aromatic N) is 1. The molecule has 1 saturated heterocycles. The van der Waals surface area contributed by atoms with Gasteiger partial charge in [0.2, 0.25) is 0 Å². The summed E-state index contributed by atoms with van der Waals surface area (Å²) in [4.78, 5) is 0. The van der Waals surface area contributed by atoms with Crippen molar-refractivity contribution in [2.24, 2.45) is 0 Å². The normalized spacial score (nSPS) is 26.0. The van der Waals surface area contributed by atoms with Gasteiger partial charge in [-0.3, -0.25) is 5.43 Å². The highest BCUT2D eigenvalue weighted by atomic mass is 15.5. The van der Waals surface area contributed by atoms with E-state index in [0.29, 0.717) is 12.1 Å². The molecule has 2 rings (SSSR count). The van der Waals surface area contributed by atoms with E-state index in [-0.39, 0.29) is 0 Å². The number of anilines is 1. The molecule has 3 nitrogen and oxygen atoms in total. The zero-order valence-corrected chi connectivity index (χ0v) is 10.8. The molecule has 0 amide bonds. The van der Waals surface area contributed by atoms with E-state index in [2.05, 4.69) is 30.3 Å². The first-order chi connectivity index (χ1) is 8.18. The number of hydrogen-bond acceptors (Lipinski definition) is 3. The molecule has 3 heteroatoms. The predicted molar refractivity (Wildman–Crippen MR) is 72.3 cm³/mol. The van der Waals surface area contributed by atoms with Crippen molar-refractivity contribution in [1.29, 1.82) is 0 Å². The first-order valence-corrected chi connectivity index (χ1v) is 6.53. The quantitative estimate of drug-likeness (QED) is 0.788. The largest absolute Gasteiger partial charge is 0.398 e. The van der Waals surface area contributed by atoms with Crippen molar-refractivity contribution >= 4 is 5.69 Å². The summed E-state index contributed by atoms with van der Waals surface area (Å²) in [6.45, 7) is 5.40. The molecule has 94 valence electrons. The van der Waals surface area contributed by atoms with E-state index in [9.17, 15) is 0 Å². The van der Waals surface area contributed by atoms with Crippen LogP contribution < -0.4 is 11.2 Å². The number of para-hydroxylation sites is 1. The average Bonchev–Trinajstić information content (AvgIpc) is 2.30. The van der Waals surface area contributed by atoms with Crippen LogP contribution in [0.2, 0.25) is 0 Å². The minimum Gasteiger partial charge on any atom is -0.398 e. The van der Waals surface area contributed by atoms with Crippen LogP contribution in [0.15, 0.2) is 24.3 Å². The van der Waals surface area contributed by atoms with Crippen molar-refractivity contribution in [2.75, 3.05) is 5.73 Å². The van der Waals surface area contributed by atoms with Gasteiger partial charge in [0.15, 0.2) is 0 Å². The minimum absolute atomic E-state index is 0.615. The Morgan fingerprint density at radius 2 is 1.88 bits per heavy atom. The van der Waals surface area contributed by atoms with Gasteiger partial charge in [-0.25, -0.2) is 5.01 Å². The van der Waals surface area contributed by atoms with Gasteiger partial charge in [-0.2, -0.15) is 0 Å². The standard InChI is InChI=1S/C14H23N3/c1-11-6-5-7-12(2)17(11)16-10-13-8-3-4-9-14(13)15/h3-4,8-9,11-12,16H,5-7,10,15H2,1-2H3. The second-order valence-corrected chi connectivity index (χ2v) is 5.07. The lowest BCUT2D eigenvalue weighted by Gasteiger charge is -2.39. The summed E-state index contributed by atoms with van der Waals surface area (Å²) in [5.41, 5.74) is 11.5. The van der Waals surface area contributed by atoms with Crippen molar-refractivity contribution in [2.45, 2.75) is 51.7 Å². The molecule has 17 heavy (non-hydrogen) atoms. The highest BCUT2D eigenvalue weighted by molar-refractivity contribution is 5.46. The van der Waals surface area contributed by atoms with Crippen LogP contribution in [0, 0.1) is 0 Å². The second kappa shape index (κ2) is 5.52. The third-order valence-electron chi connectivity index (χ3n) is 3.70. The second-order valence-electron chi connectivity index (χ2n) is 5.07. The van der Waals surface area contributed by atoms with Crippen LogP contribution in [-0.4, -0.2) is 17.1 Å². The first kappa shape index (κ1) is 12.4. The molecule has 0 spiro atoms. The molecule has 2 atom stereocenters. The Morgan fingerprint density at radius 1 is 1.24 bits per heavy atom. The number of piperidine rings is 1. The summed E-state index contributed by atoms with van der Waals surface area (Å²) in [6.07, 6.45) is 3.90. The molecule has 1 fully saturated rings. The van der Waals surface area contributed by atoms with Crippen LogP contribution in [-0.2, 0) is 6.54 Å². The number of benzene rings is 1. The molecule has 3 N–H and O–H groups in total. The van der Waals surface area contributed by atoms with Crippen LogP contribution in [0.5, 0.6) is 0 Å². The fourth-order valence-electron chi connectivity index (χ4n) is 2.60. The molecular weight excluding hydrogens is 210 g/mol. The van der Waals surface area contributed by atoms with Gasteiger partial charge in [0, 0.05) is 24.3 Å². The lowest BCUT2D eigenvalue weighted by molar-refractivity contribution is 0.0436. The Labute approximate surface area is 104 Å². The average molecular weight is 233 g/mol. The summed E-state index contributed by atoms with van der Waals surface area (Å²) in [7, 11) is 0. The third kappa shape index (κ3) is 2.99. The van der Waals surface area contributed by atoms with Gasteiger partial charge in [-0.05, 0) is 38.3 Å². The van der Waals surface area contributed by atoms with Crippen LogP contribution >= 0.6 is 0 Å². The molecule has 0 radical (unpaired) electrons. The monoisotopic (exact) mass is 233 g/mol. The van der Waals surface area contributed by atoms with Crippen LogP contribution in [0.1, 0.15) is 38.7 Å². The van der Waals surface area contributed by atoms with Crippen LogP contribution in [0.3, 0.4) is 0 Å². The Balaban J connectivity index is 1.95. The van der Waals surface area contributed by atoms with Gasteiger partial charge < -0.3 is 5.73 Å². The fourth-order valence-corrected chi connectivity index (χ4v) is 2.60. The summed E-state index contributed by atoms with van der Waals surface area (Å²) in [5, 5.41) is 2.38. The smallest absolute Gasteiger partial charge is 0.0374 e. The van der Waals surface area contributed by atoms with E-state index in [1.165, 1.54) is 24.8 Å². The van der Waals surface area contributed by atoms with Crippen molar-refractivity contribution in [1.82, 2.24) is 10.4 Å². The van der Waals surface area contributed by atoms with Crippen molar-refractivity contribution in [3.05, 3.63) is 29.8 Å². The molecule has 1 aliphatic rings. The summed E-state index contributed by atoms with van der Waals surface area (Å²) < 4.78 is 0. The molecule has 1 aromatic carbocycles. The van der Waals surface area contributed by atoms with Gasteiger partial charge in [0.1, 0.15) is 0 Å². The zero-order chi connectivity index (χ0) is 12.3. The van der Waals surface area contributed by atoms with Gasteiger partial charge in [-0.1, -0.05) is 24.6 Å². The summed E-state index contributed by atoms with van der Waals surface area (Å²) in [6, 6.07) is 9.29.